The Morgan fingerprint density at radius 2 is 0.851 bits per heavy atom. The van der Waals surface area contributed by atoms with Gasteiger partial charge in [0.1, 0.15) is 0 Å². The summed E-state index contributed by atoms with van der Waals surface area (Å²) >= 11 is 0. The fraction of sp³-hybridized carbons (Fsp3) is 0.0303. The molecule has 318 valence electrons. The number of hydrogen-bond donors (Lipinski definition) is 0. The van der Waals surface area contributed by atoms with Gasteiger partial charge in [-0.15, -0.1) is 0 Å². The van der Waals surface area contributed by atoms with Crippen LogP contribution in [0.15, 0.2) is 267 Å². The normalized spacial score (nSPS) is 12.0. The minimum absolute atomic E-state index is 0.855. The van der Waals surface area contributed by atoms with Crippen molar-refractivity contribution in [1.82, 2.24) is 0 Å². The predicted octanol–water partition coefficient (Wildman–Crippen LogP) is 18.5. The van der Waals surface area contributed by atoms with Gasteiger partial charge < -0.3 is 4.90 Å². The summed E-state index contributed by atoms with van der Waals surface area (Å²) in [4.78, 5) is 2.42. The summed E-state index contributed by atoms with van der Waals surface area (Å²) in [6, 6.07) is 88.1. The van der Waals surface area contributed by atoms with Gasteiger partial charge in [0, 0.05) is 16.9 Å². The van der Waals surface area contributed by atoms with Crippen LogP contribution in [0.4, 0.5) is 11.4 Å². The lowest BCUT2D eigenvalue weighted by Gasteiger charge is -2.31. The maximum absolute atomic E-state index is 4.88. The number of anilines is 2. The van der Waals surface area contributed by atoms with E-state index in [2.05, 4.69) is 267 Å². The molecule has 1 nitrogen and oxygen atoms in total. The minimum atomic E-state index is 0.855. The molecule has 1 heteroatoms. The Morgan fingerprint density at radius 1 is 0.388 bits per heavy atom. The van der Waals surface area contributed by atoms with Gasteiger partial charge in [0.15, 0.2) is 0 Å². The van der Waals surface area contributed by atoms with Crippen molar-refractivity contribution in [1.29, 1.82) is 0 Å². The van der Waals surface area contributed by atoms with E-state index in [0.29, 0.717) is 0 Å². The lowest BCUT2D eigenvalue weighted by molar-refractivity contribution is 1.18. The minimum Gasteiger partial charge on any atom is -0.310 e. The Morgan fingerprint density at radius 3 is 1.45 bits per heavy atom. The average molecular weight is 856 g/mol. The van der Waals surface area contributed by atoms with Crippen LogP contribution in [-0.2, 0) is 0 Å². The third-order valence-electron chi connectivity index (χ3n) is 13.0. The van der Waals surface area contributed by atoms with Crippen molar-refractivity contribution >= 4 is 65.6 Å². The highest BCUT2D eigenvalue weighted by atomic mass is 15.1. The third kappa shape index (κ3) is 8.25. The molecule has 11 aromatic rings. The van der Waals surface area contributed by atoms with Crippen molar-refractivity contribution in [2.75, 3.05) is 4.90 Å². The van der Waals surface area contributed by atoms with Gasteiger partial charge in [-0.25, -0.2) is 0 Å². The van der Waals surface area contributed by atoms with Crippen LogP contribution < -0.4 is 4.90 Å². The van der Waals surface area contributed by atoms with Crippen molar-refractivity contribution in [2.45, 2.75) is 13.3 Å². The topological polar surface area (TPSA) is 3.24 Å². The lowest BCUT2D eigenvalue weighted by atomic mass is 9.91. The molecular weight excluding hydrogens is 807 g/mol. The summed E-state index contributed by atoms with van der Waals surface area (Å²) in [6.07, 6.45) is 5.52. The number of hydrogen-bond acceptors (Lipinski definition) is 1. The van der Waals surface area contributed by atoms with Crippen molar-refractivity contribution in [3.05, 3.63) is 278 Å². The highest BCUT2D eigenvalue weighted by Gasteiger charge is 2.22. The third-order valence-corrected chi connectivity index (χ3v) is 13.0. The van der Waals surface area contributed by atoms with Gasteiger partial charge in [0.05, 0.1) is 5.70 Å². The first kappa shape index (κ1) is 41.2. The van der Waals surface area contributed by atoms with Gasteiger partial charge >= 0.3 is 0 Å². The molecule has 67 heavy (non-hydrogen) atoms. The van der Waals surface area contributed by atoms with Gasteiger partial charge in [-0.2, -0.15) is 0 Å². The van der Waals surface area contributed by atoms with Gasteiger partial charge in [0.2, 0.25) is 0 Å². The first-order valence-corrected chi connectivity index (χ1v) is 23.2. The zero-order valence-corrected chi connectivity index (χ0v) is 37.6. The molecule has 0 radical (unpaired) electrons. The molecule has 0 spiro atoms. The summed E-state index contributed by atoms with van der Waals surface area (Å²) in [6.45, 7) is 7.10. The summed E-state index contributed by atoms with van der Waals surface area (Å²) in [5, 5.41) is 9.81. The fourth-order valence-corrected chi connectivity index (χ4v) is 9.67. The zero-order valence-electron chi connectivity index (χ0n) is 37.6. The SMILES string of the molecule is C=C(/C=C(\C(=C/CC)c1ccccc1)N(c1ccc(-c2cccc(-c3ccc4ccccc4c3)c2)cc1)c1ccc(-c2ccc3ccccc3c2)cc1)c1cc2ccccc2c2ccccc12. The van der Waals surface area contributed by atoms with Crippen LogP contribution >= 0.6 is 0 Å². The average Bonchev–Trinajstić information content (AvgIpc) is 3.40. The molecule has 11 rings (SSSR count). The summed E-state index contributed by atoms with van der Waals surface area (Å²) in [5.41, 5.74) is 14.6. The Bertz CT molecular complexity index is 3670. The maximum atomic E-state index is 4.88. The number of fused-ring (bicyclic) bond motifs is 5. The molecule has 0 unspecified atom stereocenters. The van der Waals surface area contributed by atoms with E-state index in [1.54, 1.807) is 0 Å². The lowest BCUT2D eigenvalue weighted by Crippen LogP contribution is -2.18. The molecule has 0 aromatic heterocycles. The van der Waals surface area contributed by atoms with Crippen LogP contribution in [0.2, 0.25) is 0 Å². The predicted molar refractivity (Wildman–Crippen MR) is 290 cm³/mol. The van der Waals surface area contributed by atoms with Crippen molar-refractivity contribution in [3.8, 4) is 33.4 Å². The Balaban J connectivity index is 1.07. The van der Waals surface area contributed by atoms with Crippen LogP contribution in [0.1, 0.15) is 24.5 Å². The Labute approximate surface area is 393 Å². The zero-order chi connectivity index (χ0) is 45.1. The first-order chi connectivity index (χ1) is 33.1. The summed E-state index contributed by atoms with van der Waals surface area (Å²) in [7, 11) is 0. The molecule has 0 bridgehead atoms. The van der Waals surface area contributed by atoms with E-state index in [-0.39, 0.29) is 0 Å². The number of benzene rings is 11. The summed E-state index contributed by atoms with van der Waals surface area (Å²) < 4.78 is 0. The van der Waals surface area contributed by atoms with Gasteiger partial charge in [-0.3, -0.25) is 0 Å². The smallest absolute Gasteiger partial charge is 0.0542 e. The molecule has 0 saturated heterocycles. The van der Waals surface area contributed by atoms with Crippen LogP contribution in [0, 0.1) is 0 Å². The van der Waals surface area contributed by atoms with Gasteiger partial charge in [-0.05, 0) is 154 Å². The first-order valence-electron chi connectivity index (χ1n) is 23.2. The molecule has 11 aromatic carbocycles. The molecular formula is C66H49N. The second-order valence-electron chi connectivity index (χ2n) is 17.3. The van der Waals surface area contributed by atoms with Crippen LogP contribution in [0.25, 0.3) is 87.6 Å². The van der Waals surface area contributed by atoms with E-state index < -0.39 is 0 Å². The molecule has 0 aliphatic rings. The number of nitrogens with zero attached hydrogens (tertiary/aromatic N) is 1. The van der Waals surface area contributed by atoms with Crippen molar-refractivity contribution in [3.63, 3.8) is 0 Å². The molecule has 0 atom stereocenters. The van der Waals surface area contributed by atoms with Crippen molar-refractivity contribution in [2.24, 2.45) is 0 Å². The van der Waals surface area contributed by atoms with Crippen LogP contribution in [0.5, 0.6) is 0 Å². The Kier molecular flexibility index (Phi) is 11.2. The van der Waals surface area contributed by atoms with E-state index in [1.165, 1.54) is 70.9 Å². The molecule has 0 aliphatic heterocycles. The number of rotatable bonds is 11. The molecule has 0 N–H and O–H groups in total. The van der Waals surface area contributed by atoms with Gasteiger partial charge in [-0.1, -0.05) is 214 Å². The Hall–Kier alpha value is -8.52. The second kappa shape index (κ2) is 18.2. The van der Waals surface area contributed by atoms with E-state index in [4.69, 9.17) is 6.58 Å². The van der Waals surface area contributed by atoms with E-state index in [9.17, 15) is 0 Å². The highest BCUT2D eigenvalue weighted by Crippen LogP contribution is 2.42. The largest absolute Gasteiger partial charge is 0.310 e. The monoisotopic (exact) mass is 855 g/mol. The van der Waals surface area contributed by atoms with E-state index in [1.807, 2.05) is 0 Å². The molecule has 0 heterocycles. The van der Waals surface area contributed by atoms with Gasteiger partial charge in [0.25, 0.3) is 0 Å². The molecule has 0 amide bonds. The van der Waals surface area contributed by atoms with Crippen LogP contribution in [0.3, 0.4) is 0 Å². The van der Waals surface area contributed by atoms with Crippen molar-refractivity contribution < 1.29 is 0 Å². The summed E-state index contributed by atoms with van der Waals surface area (Å²) in [5.74, 6) is 0. The van der Waals surface area contributed by atoms with Crippen LogP contribution in [-0.4, -0.2) is 0 Å². The highest BCUT2D eigenvalue weighted by molar-refractivity contribution is 6.12. The maximum Gasteiger partial charge on any atom is 0.0542 e. The molecule has 0 saturated carbocycles. The fourth-order valence-electron chi connectivity index (χ4n) is 9.67. The standard InChI is InChI=1S/C66H49N/c1-3-16-62(51-19-5-4-6-20-51)66(41-46(2)65-45-58-23-11-12-26-61(58)63-27-13-14-28-64(63)65)67(60-39-35-50(36-40-60)56-31-29-47-17-7-9-21-52(47)43-56)59-37-33-49(34-38-59)54-24-15-25-55(42-54)57-32-30-48-18-8-10-22-53(48)44-57/h4-45H,2-3H2,1H3/b62-16-,66-41+. The molecule has 0 fully saturated rings. The van der Waals surface area contributed by atoms with E-state index in [0.717, 1.165) is 51.3 Å². The quantitative estimate of drug-likeness (QED) is 0.0925. The number of allylic oxidation sites excluding steroid dienone is 4. The molecule has 0 aliphatic carbocycles. The van der Waals surface area contributed by atoms with E-state index >= 15 is 0 Å². The second-order valence-corrected chi connectivity index (χ2v) is 17.3.